The molecule has 100 valence electrons. The Bertz CT molecular complexity index is 564. The van der Waals surface area contributed by atoms with E-state index in [9.17, 15) is 8.78 Å². The van der Waals surface area contributed by atoms with Crippen LogP contribution >= 0.6 is 0 Å². The summed E-state index contributed by atoms with van der Waals surface area (Å²) in [6.07, 6.45) is 0.792. The minimum absolute atomic E-state index is 0.142. The van der Waals surface area contributed by atoms with E-state index in [0.29, 0.717) is 12.3 Å². The third-order valence-corrected chi connectivity index (χ3v) is 2.80. The van der Waals surface area contributed by atoms with Gasteiger partial charge in [-0.1, -0.05) is 6.07 Å². The molecule has 0 bridgehead atoms. The number of nitrogens with two attached hydrogens (primary N) is 1. The molecule has 2 N–H and O–H groups in total. The SMILES string of the molecule is Cc1cc(Oc2cc(F)cc(F)c2)ccc1CCN. The summed E-state index contributed by atoms with van der Waals surface area (Å²) < 4.78 is 31.5. The second kappa shape index (κ2) is 5.80. The van der Waals surface area contributed by atoms with Crippen LogP contribution in [0.15, 0.2) is 36.4 Å². The van der Waals surface area contributed by atoms with Gasteiger partial charge in [0.25, 0.3) is 0 Å². The van der Waals surface area contributed by atoms with E-state index in [1.54, 1.807) is 6.07 Å². The van der Waals surface area contributed by atoms with Gasteiger partial charge in [-0.3, -0.25) is 0 Å². The summed E-state index contributed by atoms with van der Waals surface area (Å²) in [6, 6.07) is 8.60. The van der Waals surface area contributed by atoms with Gasteiger partial charge in [-0.25, -0.2) is 8.78 Å². The van der Waals surface area contributed by atoms with E-state index >= 15 is 0 Å². The number of aryl methyl sites for hydroxylation is 1. The molecule has 0 amide bonds. The Balaban J connectivity index is 2.21. The third-order valence-electron chi connectivity index (χ3n) is 2.80. The summed E-state index contributed by atoms with van der Waals surface area (Å²) in [5, 5.41) is 0. The van der Waals surface area contributed by atoms with Crippen LogP contribution in [0.25, 0.3) is 0 Å². The van der Waals surface area contributed by atoms with E-state index in [-0.39, 0.29) is 5.75 Å². The standard InChI is InChI=1S/C15H15F2NO/c1-10-6-14(3-2-11(10)4-5-18)19-15-8-12(16)7-13(17)9-15/h2-3,6-9H,4-5,18H2,1H3. The Morgan fingerprint density at radius 1 is 1.00 bits per heavy atom. The monoisotopic (exact) mass is 263 g/mol. The lowest BCUT2D eigenvalue weighted by Gasteiger charge is -2.09. The molecule has 0 aromatic heterocycles. The average Bonchev–Trinajstić information content (AvgIpc) is 2.31. The maximum atomic E-state index is 13.0. The van der Waals surface area contributed by atoms with Gasteiger partial charge in [-0.05, 0) is 43.1 Å². The van der Waals surface area contributed by atoms with Gasteiger partial charge in [0.05, 0.1) is 0 Å². The van der Waals surface area contributed by atoms with Gasteiger partial charge < -0.3 is 10.5 Å². The fourth-order valence-electron chi connectivity index (χ4n) is 1.89. The van der Waals surface area contributed by atoms with Crippen molar-refractivity contribution in [2.45, 2.75) is 13.3 Å². The van der Waals surface area contributed by atoms with Gasteiger partial charge in [0.1, 0.15) is 23.1 Å². The van der Waals surface area contributed by atoms with Gasteiger partial charge in [-0.15, -0.1) is 0 Å². The highest BCUT2D eigenvalue weighted by molar-refractivity contribution is 5.38. The highest BCUT2D eigenvalue weighted by Gasteiger charge is 2.05. The molecule has 0 aliphatic rings. The van der Waals surface area contributed by atoms with Crippen LogP contribution in [0.1, 0.15) is 11.1 Å². The van der Waals surface area contributed by atoms with E-state index < -0.39 is 11.6 Å². The van der Waals surface area contributed by atoms with Gasteiger partial charge in [0.15, 0.2) is 0 Å². The number of halogens is 2. The summed E-state index contributed by atoms with van der Waals surface area (Å²) in [6.45, 7) is 2.53. The molecule has 0 atom stereocenters. The molecular weight excluding hydrogens is 248 g/mol. The second-order valence-electron chi connectivity index (χ2n) is 4.33. The van der Waals surface area contributed by atoms with Crippen LogP contribution in [0.3, 0.4) is 0 Å². The highest BCUT2D eigenvalue weighted by atomic mass is 19.1. The molecular formula is C15H15F2NO. The lowest BCUT2D eigenvalue weighted by molar-refractivity contribution is 0.468. The molecule has 0 aliphatic heterocycles. The molecule has 4 heteroatoms. The fraction of sp³-hybridized carbons (Fsp3) is 0.200. The molecule has 19 heavy (non-hydrogen) atoms. The van der Waals surface area contributed by atoms with Gasteiger partial charge >= 0.3 is 0 Å². The lowest BCUT2D eigenvalue weighted by Crippen LogP contribution is -2.04. The molecule has 2 aromatic rings. The Morgan fingerprint density at radius 2 is 1.68 bits per heavy atom. The summed E-state index contributed by atoms with van der Waals surface area (Å²) in [5.41, 5.74) is 7.69. The Labute approximate surface area is 110 Å². The molecule has 2 aromatic carbocycles. The van der Waals surface area contributed by atoms with Crippen LogP contribution in [-0.2, 0) is 6.42 Å². The van der Waals surface area contributed by atoms with Gasteiger partial charge in [0.2, 0.25) is 0 Å². The molecule has 2 rings (SSSR count). The van der Waals surface area contributed by atoms with Crippen molar-refractivity contribution in [2.75, 3.05) is 6.54 Å². The molecule has 0 unspecified atom stereocenters. The van der Waals surface area contributed by atoms with Gasteiger partial charge in [-0.2, -0.15) is 0 Å². The highest BCUT2D eigenvalue weighted by Crippen LogP contribution is 2.25. The second-order valence-corrected chi connectivity index (χ2v) is 4.33. The van der Waals surface area contributed by atoms with Crippen LogP contribution in [-0.4, -0.2) is 6.54 Å². The van der Waals surface area contributed by atoms with Crippen molar-refractivity contribution in [2.24, 2.45) is 5.73 Å². The lowest BCUT2D eigenvalue weighted by atomic mass is 10.1. The van der Waals surface area contributed by atoms with Crippen molar-refractivity contribution in [3.63, 3.8) is 0 Å². The number of hydrogen-bond donors (Lipinski definition) is 1. The largest absolute Gasteiger partial charge is 0.457 e. The maximum absolute atomic E-state index is 13.0. The van der Waals surface area contributed by atoms with Crippen LogP contribution in [0.2, 0.25) is 0 Å². The zero-order chi connectivity index (χ0) is 13.8. The van der Waals surface area contributed by atoms with Crippen molar-refractivity contribution < 1.29 is 13.5 Å². The third kappa shape index (κ3) is 3.51. The number of hydrogen-bond acceptors (Lipinski definition) is 2. The van der Waals surface area contributed by atoms with E-state index in [2.05, 4.69) is 0 Å². The first-order valence-corrected chi connectivity index (χ1v) is 6.02. The predicted octanol–water partition coefficient (Wildman–Crippen LogP) is 3.57. The first kappa shape index (κ1) is 13.5. The van der Waals surface area contributed by atoms with Crippen LogP contribution in [0.5, 0.6) is 11.5 Å². The topological polar surface area (TPSA) is 35.2 Å². The molecule has 0 heterocycles. The first-order chi connectivity index (χ1) is 9.08. The average molecular weight is 263 g/mol. The first-order valence-electron chi connectivity index (χ1n) is 6.02. The van der Waals surface area contributed by atoms with Crippen molar-refractivity contribution >= 4 is 0 Å². The smallest absolute Gasteiger partial charge is 0.133 e. The number of rotatable bonds is 4. The van der Waals surface area contributed by atoms with Gasteiger partial charge in [0, 0.05) is 18.2 Å². The molecule has 2 nitrogen and oxygen atoms in total. The van der Waals surface area contributed by atoms with Crippen molar-refractivity contribution in [3.8, 4) is 11.5 Å². The van der Waals surface area contributed by atoms with Crippen LogP contribution < -0.4 is 10.5 Å². The quantitative estimate of drug-likeness (QED) is 0.915. The zero-order valence-corrected chi connectivity index (χ0v) is 10.6. The molecule has 0 saturated carbocycles. The summed E-state index contributed by atoms with van der Waals surface area (Å²) in [7, 11) is 0. The molecule has 0 aliphatic carbocycles. The number of benzene rings is 2. The summed E-state index contributed by atoms with van der Waals surface area (Å²) in [4.78, 5) is 0. The Kier molecular flexibility index (Phi) is 4.12. The normalized spacial score (nSPS) is 10.5. The van der Waals surface area contributed by atoms with E-state index in [4.69, 9.17) is 10.5 Å². The zero-order valence-electron chi connectivity index (χ0n) is 10.6. The van der Waals surface area contributed by atoms with E-state index in [1.807, 2.05) is 19.1 Å². The van der Waals surface area contributed by atoms with Crippen LogP contribution in [0.4, 0.5) is 8.78 Å². The van der Waals surface area contributed by atoms with E-state index in [0.717, 1.165) is 35.7 Å². The van der Waals surface area contributed by atoms with Crippen molar-refractivity contribution in [3.05, 3.63) is 59.2 Å². The van der Waals surface area contributed by atoms with Crippen molar-refractivity contribution in [1.82, 2.24) is 0 Å². The minimum atomic E-state index is -0.661. The molecule has 0 radical (unpaired) electrons. The molecule has 0 spiro atoms. The Morgan fingerprint density at radius 3 is 2.26 bits per heavy atom. The van der Waals surface area contributed by atoms with E-state index in [1.165, 1.54) is 0 Å². The predicted molar refractivity (Wildman–Crippen MR) is 70.4 cm³/mol. The maximum Gasteiger partial charge on any atom is 0.133 e. The number of ether oxygens (including phenoxy) is 1. The fourth-order valence-corrected chi connectivity index (χ4v) is 1.89. The van der Waals surface area contributed by atoms with Crippen molar-refractivity contribution in [1.29, 1.82) is 0 Å². The summed E-state index contributed by atoms with van der Waals surface area (Å²) in [5.74, 6) is -0.635. The molecule has 0 fully saturated rings. The molecule has 0 saturated heterocycles. The van der Waals surface area contributed by atoms with Crippen LogP contribution in [0, 0.1) is 18.6 Å². The minimum Gasteiger partial charge on any atom is -0.457 e. The summed E-state index contributed by atoms with van der Waals surface area (Å²) >= 11 is 0. The Hall–Kier alpha value is -1.94.